The predicted octanol–water partition coefficient (Wildman–Crippen LogP) is 4.79. The van der Waals surface area contributed by atoms with Crippen molar-refractivity contribution in [2.75, 3.05) is 11.4 Å². The quantitative estimate of drug-likeness (QED) is 0.202. The second-order valence-electron chi connectivity index (χ2n) is 10.9. The molecule has 0 N–H and O–H groups in total. The third-order valence-electron chi connectivity index (χ3n) is 8.86. The van der Waals surface area contributed by atoms with Crippen LogP contribution in [-0.4, -0.2) is 44.8 Å². The standard InChI is InChI=1S/C29H28Br2N2O5/c1-14-10-18(38-29(37)17-11-22(34)32(13-17)15(2)16-6-4-3-5-7-16)8-9-21(14)33-27(35)23-19-12-20(24(23)28(33)36)26(31)25(19)30/h3-10,15,17,19-20,23-26H,11-13H2,1-2H3/t15-,17-,19-,20-,23-,24-,25+,26+/m1/s1. The van der Waals surface area contributed by atoms with Crippen molar-refractivity contribution in [2.24, 2.45) is 29.6 Å². The molecule has 9 heteroatoms. The number of anilines is 1. The SMILES string of the molecule is Cc1cc(OC(=O)[C@@H]2CC(=O)N([C@H](C)c3ccccc3)C2)ccc1N1C(=O)[C@@H]2[C@H]3C[C@@H]([C@H](Br)[C@H]3Br)[C@H]2C1=O. The van der Waals surface area contributed by atoms with Gasteiger partial charge < -0.3 is 9.64 Å². The molecular formula is C29H28Br2N2O5. The molecule has 8 atom stereocenters. The maximum atomic E-state index is 13.4. The van der Waals surface area contributed by atoms with E-state index in [1.807, 2.05) is 37.3 Å². The summed E-state index contributed by atoms with van der Waals surface area (Å²) in [4.78, 5) is 55.9. The molecule has 4 fully saturated rings. The minimum absolute atomic E-state index is 0.0724. The van der Waals surface area contributed by atoms with Crippen LogP contribution in [0.1, 0.15) is 36.9 Å². The van der Waals surface area contributed by atoms with E-state index in [-0.39, 0.29) is 63.5 Å². The smallest absolute Gasteiger partial charge is 0.316 e. The van der Waals surface area contributed by atoms with E-state index in [0.717, 1.165) is 12.0 Å². The van der Waals surface area contributed by atoms with Crippen molar-refractivity contribution in [1.29, 1.82) is 0 Å². The molecular weight excluding hydrogens is 616 g/mol. The number of carbonyl (C=O) groups excluding carboxylic acids is 4. The predicted molar refractivity (Wildman–Crippen MR) is 148 cm³/mol. The van der Waals surface area contributed by atoms with Gasteiger partial charge in [-0.2, -0.15) is 0 Å². The molecule has 6 rings (SSSR count). The number of alkyl halides is 2. The van der Waals surface area contributed by atoms with Crippen LogP contribution < -0.4 is 9.64 Å². The highest BCUT2D eigenvalue weighted by Gasteiger charge is 2.66. The van der Waals surface area contributed by atoms with Crippen LogP contribution in [-0.2, 0) is 19.2 Å². The van der Waals surface area contributed by atoms with Gasteiger partial charge in [0.2, 0.25) is 17.7 Å². The van der Waals surface area contributed by atoms with E-state index in [1.165, 1.54) is 4.90 Å². The van der Waals surface area contributed by atoms with Gasteiger partial charge in [0.25, 0.3) is 0 Å². The Labute approximate surface area is 238 Å². The van der Waals surface area contributed by atoms with E-state index < -0.39 is 11.9 Å². The van der Waals surface area contributed by atoms with E-state index in [9.17, 15) is 19.2 Å². The van der Waals surface area contributed by atoms with Gasteiger partial charge in [-0.15, -0.1) is 0 Å². The van der Waals surface area contributed by atoms with Crippen LogP contribution in [0.4, 0.5) is 5.69 Å². The number of imide groups is 1. The molecule has 0 spiro atoms. The number of esters is 1. The number of amides is 3. The van der Waals surface area contributed by atoms with E-state index in [1.54, 1.807) is 30.0 Å². The summed E-state index contributed by atoms with van der Waals surface area (Å²) in [5, 5.41) is 0. The fourth-order valence-corrected chi connectivity index (χ4v) is 8.78. The van der Waals surface area contributed by atoms with Crippen LogP contribution in [0.3, 0.4) is 0 Å². The van der Waals surface area contributed by atoms with Gasteiger partial charge in [-0.3, -0.25) is 19.2 Å². The molecule has 198 valence electrons. The van der Waals surface area contributed by atoms with Gasteiger partial charge in [-0.1, -0.05) is 62.2 Å². The number of fused-ring (bicyclic) bond motifs is 5. The number of nitrogens with zero attached hydrogens (tertiary/aromatic N) is 2. The number of halogens is 2. The highest BCUT2D eigenvalue weighted by atomic mass is 79.9. The van der Waals surface area contributed by atoms with Crippen molar-refractivity contribution in [3.05, 3.63) is 59.7 Å². The average Bonchev–Trinajstić information content (AvgIpc) is 3.62. The van der Waals surface area contributed by atoms with E-state index in [0.29, 0.717) is 23.5 Å². The molecule has 2 aromatic carbocycles. The van der Waals surface area contributed by atoms with Gasteiger partial charge in [0.05, 0.1) is 29.5 Å². The largest absolute Gasteiger partial charge is 0.426 e. The van der Waals surface area contributed by atoms with Crippen LogP contribution in [0, 0.1) is 36.5 Å². The zero-order chi connectivity index (χ0) is 26.9. The molecule has 2 saturated carbocycles. The van der Waals surface area contributed by atoms with Crippen LogP contribution in [0.15, 0.2) is 48.5 Å². The molecule has 3 amide bonds. The Balaban J connectivity index is 1.14. The maximum absolute atomic E-state index is 13.4. The van der Waals surface area contributed by atoms with E-state index in [2.05, 4.69) is 31.9 Å². The number of hydrogen-bond donors (Lipinski definition) is 0. The summed E-state index contributed by atoms with van der Waals surface area (Å²) in [5.74, 6) is -1.31. The molecule has 4 aliphatic rings. The summed E-state index contributed by atoms with van der Waals surface area (Å²) in [6.45, 7) is 4.06. The third kappa shape index (κ3) is 3.96. The van der Waals surface area contributed by atoms with Gasteiger partial charge >= 0.3 is 5.97 Å². The number of rotatable bonds is 5. The Morgan fingerprint density at radius 2 is 1.61 bits per heavy atom. The van der Waals surface area contributed by atoms with Gasteiger partial charge in [0.15, 0.2) is 0 Å². The summed E-state index contributed by atoms with van der Waals surface area (Å²) in [5.41, 5.74) is 2.23. The summed E-state index contributed by atoms with van der Waals surface area (Å²) in [7, 11) is 0. The molecule has 0 unspecified atom stereocenters. The Kier molecular flexibility index (Phi) is 6.50. The van der Waals surface area contributed by atoms with Crippen molar-refractivity contribution in [3.8, 4) is 5.75 Å². The normalized spacial score (nSPS) is 32.7. The van der Waals surface area contributed by atoms with Crippen LogP contribution >= 0.6 is 31.9 Å². The van der Waals surface area contributed by atoms with Crippen molar-refractivity contribution < 1.29 is 23.9 Å². The van der Waals surface area contributed by atoms with Gasteiger partial charge in [0.1, 0.15) is 5.75 Å². The second-order valence-corrected chi connectivity index (χ2v) is 13.0. The summed E-state index contributed by atoms with van der Waals surface area (Å²) < 4.78 is 5.66. The summed E-state index contributed by atoms with van der Waals surface area (Å²) in [6, 6.07) is 14.6. The monoisotopic (exact) mass is 642 g/mol. The topological polar surface area (TPSA) is 84.0 Å². The number of hydrogen-bond acceptors (Lipinski definition) is 5. The van der Waals surface area contributed by atoms with Crippen LogP contribution in [0.25, 0.3) is 0 Å². The number of benzene rings is 2. The first-order valence-corrected chi connectivity index (χ1v) is 14.8. The maximum Gasteiger partial charge on any atom is 0.316 e. The number of likely N-dealkylation sites (tertiary alicyclic amines) is 1. The molecule has 2 aliphatic heterocycles. The van der Waals surface area contributed by atoms with Crippen molar-refractivity contribution in [1.82, 2.24) is 4.90 Å². The first-order chi connectivity index (χ1) is 18.2. The van der Waals surface area contributed by atoms with Gasteiger partial charge in [-0.05, 0) is 61.4 Å². The minimum atomic E-state index is -0.556. The molecule has 0 aromatic heterocycles. The van der Waals surface area contributed by atoms with Crippen LogP contribution in [0.5, 0.6) is 5.75 Å². The zero-order valence-corrected chi connectivity index (χ0v) is 24.2. The lowest BCUT2D eigenvalue weighted by Crippen LogP contribution is -2.37. The second kappa shape index (κ2) is 9.59. The van der Waals surface area contributed by atoms with Crippen LogP contribution in [0.2, 0.25) is 0 Å². The van der Waals surface area contributed by atoms with E-state index in [4.69, 9.17) is 4.74 Å². The fraction of sp³-hybridized carbons (Fsp3) is 0.448. The molecule has 38 heavy (non-hydrogen) atoms. The zero-order valence-electron chi connectivity index (χ0n) is 21.1. The molecule has 2 saturated heterocycles. The first-order valence-electron chi connectivity index (χ1n) is 13.0. The first kappa shape index (κ1) is 25.7. The average molecular weight is 644 g/mol. The van der Waals surface area contributed by atoms with Gasteiger partial charge in [0, 0.05) is 22.6 Å². The van der Waals surface area contributed by atoms with Gasteiger partial charge in [-0.25, -0.2) is 4.90 Å². The lowest BCUT2D eigenvalue weighted by atomic mass is 9.81. The Morgan fingerprint density at radius 1 is 0.974 bits per heavy atom. The van der Waals surface area contributed by atoms with Crippen molar-refractivity contribution in [2.45, 2.75) is 42.4 Å². The molecule has 0 radical (unpaired) electrons. The number of aryl methyl sites for hydroxylation is 1. The van der Waals surface area contributed by atoms with E-state index >= 15 is 0 Å². The molecule has 7 nitrogen and oxygen atoms in total. The molecule has 2 bridgehead atoms. The Bertz CT molecular complexity index is 1300. The Hall–Kier alpha value is -2.52. The summed E-state index contributed by atoms with van der Waals surface area (Å²) >= 11 is 7.44. The third-order valence-corrected chi connectivity index (χ3v) is 12.1. The minimum Gasteiger partial charge on any atom is -0.426 e. The van der Waals surface area contributed by atoms with Crippen molar-refractivity contribution in [3.63, 3.8) is 0 Å². The summed E-state index contributed by atoms with van der Waals surface area (Å²) in [6.07, 6.45) is 0.990. The lowest BCUT2D eigenvalue weighted by Gasteiger charge is -2.28. The molecule has 2 aromatic rings. The number of ether oxygens (including phenoxy) is 1. The fourth-order valence-electron chi connectivity index (χ4n) is 6.90. The lowest BCUT2D eigenvalue weighted by molar-refractivity contribution is -0.139. The highest BCUT2D eigenvalue weighted by molar-refractivity contribution is 9.12. The number of carbonyl (C=O) groups is 4. The molecule has 2 aliphatic carbocycles. The molecule has 2 heterocycles. The van der Waals surface area contributed by atoms with Crippen molar-refractivity contribution >= 4 is 61.2 Å². The highest BCUT2D eigenvalue weighted by Crippen LogP contribution is 2.60. The Morgan fingerprint density at radius 3 is 2.21 bits per heavy atom.